The molecule has 2 heterocycles. The first-order valence-corrected chi connectivity index (χ1v) is 15.5. The molecule has 2 aliphatic heterocycles. The van der Waals surface area contributed by atoms with Crippen molar-refractivity contribution in [3.8, 4) is 23.0 Å². The van der Waals surface area contributed by atoms with Crippen LogP contribution in [-0.2, 0) is 20.4 Å². The fourth-order valence-electron chi connectivity index (χ4n) is 5.11. The Hall–Kier alpha value is -2.66. The van der Waals surface area contributed by atoms with Gasteiger partial charge in [0.15, 0.2) is 16.9 Å². The van der Waals surface area contributed by atoms with Gasteiger partial charge in [-0.05, 0) is 71.8 Å². The third-order valence-corrected chi connectivity index (χ3v) is 8.81. The van der Waals surface area contributed by atoms with E-state index in [0.717, 1.165) is 47.7 Å². The number of aliphatic hydroxyl groups is 1. The zero-order valence-corrected chi connectivity index (χ0v) is 26.8. The minimum absolute atomic E-state index is 0.0880. The number of likely N-dealkylation sites (N-methyl/N-ethyl adjacent to an activating group) is 1. The van der Waals surface area contributed by atoms with Gasteiger partial charge in [0.25, 0.3) is 5.91 Å². The van der Waals surface area contributed by atoms with Crippen molar-refractivity contribution >= 4 is 17.7 Å². The van der Waals surface area contributed by atoms with Gasteiger partial charge in [-0.15, -0.1) is 0 Å². The molecule has 2 aromatic carbocycles. The number of carbonyl (C=O) groups is 1. The Morgan fingerprint density at radius 2 is 1.67 bits per heavy atom. The van der Waals surface area contributed by atoms with Gasteiger partial charge in [-0.3, -0.25) is 4.79 Å². The van der Waals surface area contributed by atoms with Crippen molar-refractivity contribution in [3.63, 3.8) is 0 Å². The average molecular weight is 603 g/mol. The van der Waals surface area contributed by atoms with Crippen LogP contribution in [-0.4, -0.2) is 84.7 Å². The van der Waals surface area contributed by atoms with E-state index in [-0.39, 0.29) is 42.1 Å². The molecule has 0 bridgehead atoms. The van der Waals surface area contributed by atoms with Crippen molar-refractivity contribution in [2.24, 2.45) is 0 Å². The summed E-state index contributed by atoms with van der Waals surface area (Å²) >= 11 is 1.45. The number of benzene rings is 2. The van der Waals surface area contributed by atoms with Crippen LogP contribution in [0.15, 0.2) is 30.3 Å². The molecule has 2 atom stereocenters. The van der Waals surface area contributed by atoms with Gasteiger partial charge >= 0.3 is 0 Å². The van der Waals surface area contributed by atoms with Crippen molar-refractivity contribution in [1.29, 1.82) is 0 Å². The largest absolute Gasteiger partial charge is 0.507 e. The lowest BCUT2D eigenvalue weighted by molar-refractivity contribution is -0.137. The van der Waals surface area contributed by atoms with Gasteiger partial charge in [-0.25, -0.2) is 0 Å². The predicted molar refractivity (Wildman–Crippen MR) is 165 cm³/mol. The molecule has 0 saturated carbocycles. The van der Waals surface area contributed by atoms with E-state index in [4.69, 9.17) is 18.9 Å². The van der Waals surface area contributed by atoms with Crippen LogP contribution in [0.25, 0.3) is 0 Å². The van der Waals surface area contributed by atoms with Crippen LogP contribution >= 0.6 is 11.8 Å². The minimum atomic E-state index is -0.681. The zero-order chi connectivity index (χ0) is 30.7. The lowest BCUT2D eigenvalue weighted by atomic mass is 9.78. The monoisotopic (exact) mass is 602 g/mol. The van der Waals surface area contributed by atoms with Gasteiger partial charge < -0.3 is 39.0 Å². The van der Waals surface area contributed by atoms with Crippen LogP contribution in [0.1, 0.15) is 70.0 Å². The second kappa shape index (κ2) is 13.3. The maximum absolute atomic E-state index is 13.5. The minimum Gasteiger partial charge on any atom is -0.507 e. The molecule has 1 amide bonds. The molecule has 2 unspecified atom stereocenters. The number of hydrogen-bond donors (Lipinski definition) is 2. The van der Waals surface area contributed by atoms with E-state index in [1.807, 2.05) is 42.3 Å². The fourth-order valence-corrected chi connectivity index (χ4v) is 6.42. The maximum atomic E-state index is 13.5. The molecule has 10 heteroatoms. The van der Waals surface area contributed by atoms with Crippen molar-refractivity contribution in [3.05, 3.63) is 47.0 Å². The SMILES string of the molecule is CN(CCCN1C(=O)C(OCCO)SC1c1cc(C(C)(C)C)c(O)c(C(C)(C)C)c1)CCOc1ccc2c(c1)OCO2. The van der Waals surface area contributed by atoms with Gasteiger partial charge in [0.05, 0.1) is 13.2 Å². The lowest BCUT2D eigenvalue weighted by Crippen LogP contribution is -2.35. The number of thioether (sulfide) groups is 1. The van der Waals surface area contributed by atoms with Crippen molar-refractivity contribution in [1.82, 2.24) is 9.80 Å². The van der Waals surface area contributed by atoms with Crippen molar-refractivity contribution in [2.45, 2.75) is 69.6 Å². The van der Waals surface area contributed by atoms with Crippen LogP contribution < -0.4 is 14.2 Å². The summed E-state index contributed by atoms with van der Waals surface area (Å²) in [6.07, 6.45) is 0.770. The molecule has 0 radical (unpaired) electrons. The van der Waals surface area contributed by atoms with E-state index < -0.39 is 5.44 Å². The quantitative estimate of drug-likeness (QED) is 0.347. The number of rotatable bonds is 12. The third-order valence-electron chi connectivity index (χ3n) is 7.44. The van der Waals surface area contributed by atoms with Crippen LogP contribution in [0.5, 0.6) is 23.0 Å². The smallest absolute Gasteiger partial charge is 0.263 e. The van der Waals surface area contributed by atoms with E-state index >= 15 is 0 Å². The van der Waals surface area contributed by atoms with Crippen molar-refractivity contribution < 1.29 is 34.0 Å². The van der Waals surface area contributed by atoms with E-state index in [1.54, 1.807) is 0 Å². The zero-order valence-electron chi connectivity index (χ0n) is 25.9. The highest BCUT2D eigenvalue weighted by Gasteiger charge is 2.42. The number of phenols is 1. The summed E-state index contributed by atoms with van der Waals surface area (Å²) in [5, 5.41) is 20.3. The Bertz CT molecular complexity index is 1210. The molecule has 0 spiro atoms. The highest BCUT2D eigenvalue weighted by atomic mass is 32.2. The second-order valence-corrected chi connectivity index (χ2v) is 14.1. The molecular weight excluding hydrogens is 556 g/mol. The van der Waals surface area contributed by atoms with Gasteiger partial charge in [0.1, 0.15) is 23.5 Å². The number of amides is 1. The normalized spacial score (nSPS) is 18.8. The average Bonchev–Trinajstić information content (AvgIpc) is 3.50. The molecule has 2 aliphatic rings. The Morgan fingerprint density at radius 3 is 2.31 bits per heavy atom. The number of phenolic OH excluding ortho intramolecular Hbond substituents is 1. The summed E-state index contributed by atoms with van der Waals surface area (Å²) in [6, 6.07) is 9.64. The van der Waals surface area contributed by atoms with Gasteiger partial charge in [-0.1, -0.05) is 53.3 Å². The molecule has 0 aliphatic carbocycles. The summed E-state index contributed by atoms with van der Waals surface area (Å²) < 4.78 is 22.4. The van der Waals surface area contributed by atoms with E-state index in [1.165, 1.54) is 11.8 Å². The molecular formula is C32H46N2O7S. The number of nitrogens with zero attached hydrogens (tertiary/aromatic N) is 2. The van der Waals surface area contributed by atoms with Gasteiger partial charge in [-0.2, -0.15) is 0 Å². The number of hydrogen-bond acceptors (Lipinski definition) is 9. The molecule has 0 aromatic heterocycles. The summed E-state index contributed by atoms with van der Waals surface area (Å²) in [6.45, 7) is 15.3. The number of fused-ring (bicyclic) bond motifs is 1. The number of aliphatic hydroxyl groups excluding tert-OH is 1. The highest BCUT2D eigenvalue weighted by Crippen LogP contribution is 2.48. The Morgan fingerprint density at radius 1 is 1.00 bits per heavy atom. The Kier molecular flexibility index (Phi) is 10.2. The fraction of sp³-hybridized carbons (Fsp3) is 0.594. The molecule has 9 nitrogen and oxygen atoms in total. The summed E-state index contributed by atoms with van der Waals surface area (Å²) in [4.78, 5) is 17.6. The lowest BCUT2D eigenvalue weighted by Gasteiger charge is -2.31. The first-order valence-electron chi connectivity index (χ1n) is 14.6. The Labute approximate surface area is 254 Å². The van der Waals surface area contributed by atoms with Gasteiger partial charge in [0, 0.05) is 19.2 Å². The van der Waals surface area contributed by atoms with E-state index in [9.17, 15) is 15.0 Å². The topological polar surface area (TPSA) is 101 Å². The van der Waals surface area contributed by atoms with Crippen molar-refractivity contribution in [2.75, 3.05) is 53.3 Å². The van der Waals surface area contributed by atoms with Crippen LogP contribution in [0.2, 0.25) is 0 Å². The summed E-state index contributed by atoms with van der Waals surface area (Å²) in [7, 11) is 2.04. The van der Waals surface area contributed by atoms with E-state index in [0.29, 0.717) is 24.7 Å². The molecule has 1 saturated heterocycles. The van der Waals surface area contributed by atoms with E-state index in [2.05, 4.69) is 46.4 Å². The third kappa shape index (κ3) is 7.64. The first-order chi connectivity index (χ1) is 19.8. The highest BCUT2D eigenvalue weighted by molar-refractivity contribution is 8.01. The first kappa shape index (κ1) is 32.3. The number of carbonyl (C=O) groups excluding carboxylic acids is 1. The molecule has 2 aromatic rings. The van der Waals surface area contributed by atoms with Gasteiger partial charge in [0.2, 0.25) is 6.79 Å². The predicted octanol–water partition coefficient (Wildman–Crippen LogP) is 5.03. The molecule has 4 rings (SSSR count). The Balaban J connectivity index is 1.43. The molecule has 42 heavy (non-hydrogen) atoms. The summed E-state index contributed by atoms with van der Waals surface area (Å²) in [5.74, 6) is 2.39. The standard InChI is InChI=1S/C32H46N2O7S/c1-31(2,3)23-17-21(18-24(27(23)36)32(4,5)6)29-34(28(37)30(42-29)39-16-14-35)12-8-11-33(7)13-15-38-22-9-10-25-26(19-22)41-20-40-25/h9-10,17-19,29-30,35-36H,8,11-16,20H2,1-7H3. The van der Waals surface area contributed by atoms with Crippen LogP contribution in [0.4, 0.5) is 0 Å². The number of ether oxygens (including phenoxy) is 4. The number of aromatic hydroxyl groups is 1. The molecule has 232 valence electrons. The molecule has 1 fully saturated rings. The summed E-state index contributed by atoms with van der Waals surface area (Å²) in [5.41, 5.74) is 1.45. The maximum Gasteiger partial charge on any atom is 0.263 e. The second-order valence-electron chi connectivity index (χ2n) is 12.9. The molecule has 2 N–H and O–H groups in total. The van der Waals surface area contributed by atoms with Crippen LogP contribution in [0, 0.1) is 0 Å². The van der Waals surface area contributed by atoms with Crippen LogP contribution in [0.3, 0.4) is 0 Å².